The molecule has 0 saturated carbocycles. The van der Waals surface area contributed by atoms with E-state index in [0.29, 0.717) is 38.8 Å². The van der Waals surface area contributed by atoms with E-state index in [9.17, 15) is 0 Å². The maximum atomic E-state index is 6.80. The third kappa shape index (κ3) is 10.2. The molecule has 6 rings (SSSR count). The molecule has 0 N–H and O–H groups in total. The topological polar surface area (TPSA) is 55.4 Å². The van der Waals surface area contributed by atoms with Crippen molar-refractivity contribution < 1.29 is 28.4 Å². The van der Waals surface area contributed by atoms with E-state index in [-0.39, 0.29) is 6.61 Å². The van der Waals surface area contributed by atoms with Gasteiger partial charge in [0.25, 0.3) is 0 Å². The molecule has 1 heterocycles. The van der Waals surface area contributed by atoms with E-state index < -0.39 is 30.5 Å². The summed E-state index contributed by atoms with van der Waals surface area (Å²) < 4.78 is 39.8. The van der Waals surface area contributed by atoms with E-state index in [2.05, 4.69) is 18.7 Å². The lowest BCUT2D eigenvalue weighted by atomic mass is 9.93. The first-order valence-corrected chi connectivity index (χ1v) is 16.8. The normalized spacial score (nSPS) is 19.6. The Kier molecular flexibility index (Phi) is 12.8. The second-order valence-electron chi connectivity index (χ2n) is 12.1. The van der Waals surface area contributed by atoms with Gasteiger partial charge < -0.3 is 28.4 Å². The summed E-state index contributed by atoms with van der Waals surface area (Å²) in [6.07, 6.45) is -2.86. The first-order chi connectivity index (χ1) is 24.2. The molecule has 1 fully saturated rings. The van der Waals surface area contributed by atoms with Crippen molar-refractivity contribution in [2.75, 3.05) is 6.61 Å². The number of benzene rings is 5. The van der Waals surface area contributed by atoms with Gasteiger partial charge in [-0.2, -0.15) is 0 Å². The molecule has 252 valence electrons. The van der Waals surface area contributed by atoms with Crippen LogP contribution in [0.4, 0.5) is 0 Å². The van der Waals surface area contributed by atoms with E-state index in [1.807, 2.05) is 140 Å². The maximum absolute atomic E-state index is 6.80. The second kappa shape index (κ2) is 18.3. The molecule has 0 unspecified atom stereocenters. The van der Waals surface area contributed by atoms with Crippen LogP contribution in [-0.2, 0) is 61.5 Å². The summed E-state index contributed by atoms with van der Waals surface area (Å²) in [7, 11) is 0. The van der Waals surface area contributed by atoms with Gasteiger partial charge in [0.2, 0.25) is 0 Å². The van der Waals surface area contributed by atoms with Crippen molar-refractivity contribution in [3.63, 3.8) is 0 Å². The van der Waals surface area contributed by atoms with E-state index in [1.165, 1.54) is 0 Å². The minimum atomic E-state index is -0.604. The first kappa shape index (κ1) is 34.3. The zero-order valence-electron chi connectivity index (χ0n) is 27.7. The highest BCUT2D eigenvalue weighted by Crippen LogP contribution is 2.34. The quantitative estimate of drug-likeness (QED) is 0.100. The van der Waals surface area contributed by atoms with Gasteiger partial charge in [-0.3, -0.25) is 0 Å². The molecule has 1 aliphatic rings. The van der Waals surface area contributed by atoms with E-state index in [1.54, 1.807) is 0 Å². The first-order valence-electron chi connectivity index (χ1n) is 16.8. The highest BCUT2D eigenvalue weighted by molar-refractivity contribution is 5.18. The minimum Gasteiger partial charge on any atom is -0.487 e. The molecule has 0 aliphatic carbocycles. The van der Waals surface area contributed by atoms with Gasteiger partial charge in [0.1, 0.15) is 30.2 Å². The van der Waals surface area contributed by atoms with Crippen molar-refractivity contribution in [2.45, 2.75) is 63.6 Å². The third-order valence-corrected chi connectivity index (χ3v) is 8.46. The van der Waals surface area contributed by atoms with Crippen molar-refractivity contribution in [1.82, 2.24) is 0 Å². The predicted octanol–water partition coefficient (Wildman–Crippen LogP) is 8.46. The zero-order chi connectivity index (χ0) is 33.5. The number of hydrogen-bond donors (Lipinski definition) is 0. The van der Waals surface area contributed by atoms with Gasteiger partial charge in [0.05, 0.1) is 39.6 Å². The molecule has 5 aromatic carbocycles. The average molecular weight is 657 g/mol. The summed E-state index contributed by atoms with van der Waals surface area (Å²) in [5.41, 5.74) is 5.25. The van der Waals surface area contributed by atoms with Crippen LogP contribution in [0.1, 0.15) is 27.8 Å². The van der Waals surface area contributed by atoms with Crippen LogP contribution in [0.2, 0.25) is 0 Å². The molecule has 5 aromatic rings. The van der Waals surface area contributed by atoms with Crippen LogP contribution < -0.4 is 0 Å². The van der Waals surface area contributed by atoms with Gasteiger partial charge in [0.15, 0.2) is 6.10 Å². The molecular formula is C43H44O6. The Balaban J connectivity index is 1.30. The highest BCUT2D eigenvalue weighted by Gasteiger charge is 2.49. The van der Waals surface area contributed by atoms with E-state index in [4.69, 9.17) is 28.4 Å². The fourth-order valence-electron chi connectivity index (χ4n) is 5.87. The highest BCUT2D eigenvalue weighted by atomic mass is 16.6. The number of ether oxygens (including phenoxy) is 6. The molecule has 0 bridgehead atoms. The smallest absolute Gasteiger partial charge is 0.155 e. The molecule has 0 radical (unpaired) electrons. The Morgan fingerprint density at radius 2 is 0.857 bits per heavy atom. The number of hydrogen-bond acceptors (Lipinski definition) is 6. The second-order valence-corrected chi connectivity index (χ2v) is 12.1. The maximum Gasteiger partial charge on any atom is 0.155 e. The minimum absolute atomic E-state index is 0.270. The van der Waals surface area contributed by atoms with Crippen LogP contribution in [0.5, 0.6) is 0 Å². The Morgan fingerprint density at radius 3 is 1.33 bits per heavy atom. The predicted molar refractivity (Wildman–Crippen MR) is 190 cm³/mol. The Hall–Kier alpha value is -4.56. The van der Waals surface area contributed by atoms with E-state index in [0.717, 1.165) is 27.8 Å². The SMILES string of the molecule is C=C1O[C@H]([C@@H](COCc2ccccc2)OCc2ccccc2)[C@@H](OCc2ccccc2)[C@H](OCc2ccccc2)[C@@H]1OCc1ccccc1. The van der Waals surface area contributed by atoms with Crippen molar-refractivity contribution in [3.8, 4) is 0 Å². The van der Waals surface area contributed by atoms with Gasteiger partial charge in [-0.15, -0.1) is 0 Å². The lowest BCUT2D eigenvalue weighted by Crippen LogP contribution is -2.59. The number of rotatable bonds is 17. The fourth-order valence-corrected chi connectivity index (χ4v) is 5.87. The summed E-state index contributed by atoms with van der Waals surface area (Å²) in [4.78, 5) is 0. The van der Waals surface area contributed by atoms with Crippen LogP contribution in [0.3, 0.4) is 0 Å². The lowest BCUT2D eigenvalue weighted by Gasteiger charge is -2.45. The van der Waals surface area contributed by atoms with E-state index >= 15 is 0 Å². The summed E-state index contributed by atoms with van der Waals surface area (Å²) in [5.74, 6) is 0.468. The van der Waals surface area contributed by atoms with Gasteiger partial charge >= 0.3 is 0 Å². The monoisotopic (exact) mass is 656 g/mol. The standard InChI is InChI=1S/C43H44O6/c1-33-40(46-29-36-21-11-4-12-22-36)42(47-30-37-23-13-5-14-24-37)43(48-31-38-25-15-6-16-26-38)41(49-33)39(45-28-35-19-9-3-10-20-35)32-44-27-34-17-7-2-8-18-34/h2-26,39-43H,1,27-32H2/t39-,40-,41-,42-,43-/m1/s1. The Morgan fingerprint density at radius 1 is 0.469 bits per heavy atom. The van der Waals surface area contributed by atoms with Crippen LogP contribution >= 0.6 is 0 Å². The van der Waals surface area contributed by atoms with Crippen LogP contribution in [0.15, 0.2) is 164 Å². The molecule has 6 nitrogen and oxygen atoms in total. The average Bonchev–Trinajstić information content (AvgIpc) is 3.16. The van der Waals surface area contributed by atoms with Crippen molar-refractivity contribution in [2.24, 2.45) is 0 Å². The summed E-state index contributed by atoms with van der Waals surface area (Å²) in [5, 5.41) is 0. The lowest BCUT2D eigenvalue weighted by molar-refractivity contribution is -0.241. The van der Waals surface area contributed by atoms with Crippen molar-refractivity contribution in [1.29, 1.82) is 0 Å². The zero-order valence-corrected chi connectivity index (χ0v) is 27.7. The Bertz CT molecular complexity index is 1650. The molecule has 1 saturated heterocycles. The molecule has 1 aliphatic heterocycles. The molecule has 0 spiro atoms. The molecule has 49 heavy (non-hydrogen) atoms. The summed E-state index contributed by atoms with van der Waals surface area (Å²) in [6, 6.07) is 50.5. The van der Waals surface area contributed by atoms with Crippen LogP contribution in [0, 0.1) is 0 Å². The third-order valence-electron chi connectivity index (χ3n) is 8.46. The van der Waals surface area contributed by atoms with Gasteiger partial charge in [-0.1, -0.05) is 158 Å². The molecule has 6 heteroatoms. The molecule has 5 atom stereocenters. The van der Waals surface area contributed by atoms with Gasteiger partial charge in [-0.05, 0) is 27.8 Å². The van der Waals surface area contributed by atoms with Gasteiger partial charge in [0, 0.05) is 0 Å². The summed E-state index contributed by atoms with van der Waals surface area (Å²) in [6.45, 7) is 6.53. The summed E-state index contributed by atoms with van der Waals surface area (Å²) >= 11 is 0. The van der Waals surface area contributed by atoms with Crippen molar-refractivity contribution >= 4 is 0 Å². The van der Waals surface area contributed by atoms with Crippen LogP contribution in [0.25, 0.3) is 0 Å². The fraction of sp³-hybridized carbons (Fsp3) is 0.256. The van der Waals surface area contributed by atoms with Gasteiger partial charge in [-0.25, -0.2) is 0 Å². The largest absolute Gasteiger partial charge is 0.487 e. The Labute approximate surface area is 289 Å². The van der Waals surface area contributed by atoms with Crippen LogP contribution in [-0.4, -0.2) is 37.1 Å². The molecule has 0 aromatic heterocycles. The van der Waals surface area contributed by atoms with Crippen molar-refractivity contribution in [3.05, 3.63) is 192 Å². The molecule has 0 amide bonds. The molecular weight excluding hydrogens is 612 g/mol.